The first-order chi connectivity index (χ1) is 7.83. The Morgan fingerprint density at radius 2 is 2.06 bits per heavy atom. The summed E-state index contributed by atoms with van der Waals surface area (Å²) in [5.41, 5.74) is 0. The van der Waals surface area contributed by atoms with Crippen molar-refractivity contribution in [1.29, 1.82) is 0 Å². The zero-order chi connectivity index (χ0) is 11.6. The van der Waals surface area contributed by atoms with Crippen LogP contribution in [0.3, 0.4) is 0 Å². The van der Waals surface area contributed by atoms with Crippen LogP contribution in [0, 0.1) is 0 Å². The number of rotatable bonds is 10. The van der Waals surface area contributed by atoms with Crippen LogP contribution in [-0.2, 0) is 9.53 Å². The summed E-state index contributed by atoms with van der Waals surface area (Å²) in [6.07, 6.45) is 4.95. The standard InChI is InChI=1S/C12H24N2O2/c1-2-16-10-4-9-13-8-3-5-12(15)14-11-6-7-11/h11,13H,2-10H2,1H3,(H,14,15). The van der Waals surface area contributed by atoms with Gasteiger partial charge >= 0.3 is 0 Å². The lowest BCUT2D eigenvalue weighted by molar-refractivity contribution is -0.121. The number of ether oxygens (including phenoxy) is 1. The zero-order valence-corrected chi connectivity index (χ0v) is 10.3. The minimum absolute atomic E-state index is 0.207. The van der Waals surface area contributed by atoms with E-state index in [4.69, 9.17) is 4.74 Å². The van der Waals surface area contributed by atoms with Crippen molar-refractivity contribution in [2.45, 2.75) is 45.1 Å². The van der Waals surface area contributed by atoms with Crippen molar-refractivity contribution in [2.75, 3.05) is 26.3 Å². The second-order valence-corrected chi connectivity index (χ2v) is 4.25. The van der Waals surface area contributed by atoms with Crippen LogP contribution in [0.4, 0.5) is 0 Å². The number of hydrogen-bond donors (Lipinski definition) is 2. The Morgan fingerprint density at radius 3 is 2.75 bits per heavy atom. The van der Waals surface area contributed by atoms with E-state index in [2.05, 4.69) is 10.6 Å². The van der Waals surface area contributed by atoms with Gasteiger partial charge in [0.2, 0.25) is 5.91 Å². The molecule has 0 spiro atoms. The van der Waals surface area contributed by atoms with Crippen LogP contribution in [0.5, 0.6) is 0 Å². The molecule has 1 aliphatic carbocycles. The summed E-state index contributed by atoms with van der Waals surface area (Å²) in [7, 11) is 0. The smallest absolute Gasteiger partial charge is 0.220 e. The highest BCUT2D eigenvalue weighted by Gasteiger charge is 2.22. The molecule has 0 bridgehead atoms. The summed E-state index contributed by atoms with van der Waals surface area (Å²) < 4.78 is 5.22. The van der Waals surface area contributed by atoms with Crippen molar-refractivity contribution in [3.63, 3.8) is 0 Å². The van der Waals surface area contributed by atoms with Crippen LogP contribution in [0.15, 0.2) is 0 Å². The topological polar surface area (TPSA) is 50.4 Å². The van der Waals surface area contributed by atoms with Crippen molar-refractivity contribution in [3.05, 3.63) is 0 Å². The quantitative estimate of drug-likeness (QED) is 0.550. The number of hydrogen-bond acceptors (Lipinski definition) is 3. The van der Waals surface area contributed by atoms with Crippen molar-refractivity contribution in [2.24, 2.45) is 0 Å². The van der Waals surface area contributed by atoms with Gasteiger partial charge < -0.3 is 15.4 Å². The first-order valence-electron chi connectivity index (χ1n) is 6.40. The molecular weight excluding hydrogens is 204 g/mol. The molecule has 0 radical (unpaired) electrons. The highest BCUT2D eigenvalue weighted by molar-refractivity contribution is 5.76. The van der Waals surface area contributed by atoms with Gasteiger partial charge in [-0.25, -0.2) is 0 Å². The normalized spacial score (nSPS) is 15.1. The monoisotopic (exact) mass is 228 g/mol. The summed E-state index contributed by atoms with van der Waals surface area (Å²) in [6, 6.07) is 0.492. The molecule has 1 aliphatic rings. The molecule has 1 amide bonds. The highest BCUT2D eigenvalue weighted by atomic mass is 16.5. The van der Waals surface area contributed by atoms with Crippen LogP contribution in [0.1, 0.15) is 39.0 Å². The molecule has 0 aliphatic heterocycles. The molecule has 0 aromatic rings. The Kier molecular flexibility index (Phi) is 7.17. The van der Waals surface area contributed by atoms with E-state index in [1.807, 2.05) is 6.92 Å². The van der Waals surface area contributed by atoms with Crippen molar-refractivity contribution in [1.82, 2.24) is 10.6 Å². The molecule has 1 fully saturated rings. The summed E-state index contributed by atoms with van der Waals surface area (Å²) >= 11 is 0. The first kappa shape index (κ1) is 13.5. The van der Waals surface area contributed by atoms with E-state index in [-0.39, 0.29) is 5.91 Å². The molecule has 1 saturated carbocycles. The fourth-order valence-corrected chi connectivity index (χ4v) is 1.47. The van der Waals surface area contributed by atoms with Crippen LogP contribution >= 0.6 is 0 Å². The van der Waals surface area contributed by atoms with E-state index in [0.717, 1.165) is 39.1 Å². The van der Waals surface area contributed by atoms with Crippen LogP contribution in [0.2, 0.25) is 0 Å². The van der Waals surface area contributed by atoms with Gasteiger partial charge in [-0.05, 0) is 45.7 Å². The van der Waals surface area contributed by atoms with Gasteiger partial charge in [0.15, 0.2) is 0 Å². The van der Waals surface area contributed by atoms with Gasteiger partial charge in [0.1, 0.15) is 0 Å². The van der Waals surface area contributed by atoms with E-state index in [1.54, 1.807) is 0 Å². The summed E-state index contributed by atoms with van der Waals surface area (Å²) in [5.74, 6) is 0.207. The van der Waals surface area contributed by atoms with E-state index in [0.29, 0.717) is 12.5 Å². The van der Waals surface area contributed by atoms with Gasteiger partial charge in [-0.1, -0.05) is 0 Å². The fraction of sp³-hybridized carbons (Fsp3) is 0.917. The third-order valence-electron chi connectivity index (χ3n) is 2.55. The zero-order valence-electron chi connectivity index (χ0n) is 10.3. The average Bonchev–Trinajstić information content (AvgIpc) is 3.06. The molecule has 16 heavy (non-hydrogen) atoms. The SMILES string of the molecule is CCOCCCNCCCC(=O)NC1CC1. The average molecular weight is 228 g/mol. The predicted octanol–water partition coefficient (Wildman–Crippen LogP) is 1.06. The molecule has 0 unspecified atom stereocenters. The minimum atomic E-state index is 0.207. The Labute approximate surface area is 98.1 Å². The Morgan fingerprint density at radius 1 is 1.31 bits per heavy atom. The van der Waals surface area contributed by atoms with E-state index < -0.39 is 0 Å². The van der Waals surface area contributed by atoms with E-state index >= 15 is 0 Å². The highest BCUT2D eigenvalue weighted by Crippen LogP contribution is 2.18. The Balaban J connectivity index is 1.75. The molecule has 0 aromatic carbocycles. The predicted molar refractivity (Wildman–Crippen MR) is 64.4 cm³/mol. The molecule has 4 heteroatoms. The van der Waals surface area contributed by atoms with Crippen LogP contribution in [-0.4, -0.2) is 38.3 Å². The lowest BCUT2D eigenvalue weighted by Crippen LogP contribution is -2.26. The number of nitrogens with one attached hydrogen (secondary N) is 2. The van der Waals surface area contributed by atoms with Gasteiger partial charge in [0.05, 0.1) is 0 Å². The number of carbonyl (C=O) groups excluding carboxylic acids is 1. The summed E-state index contributed by atoms with van der Waals surface area (Å²) in [4.78, 5) is 11.3. The molecule has 0 heterocycles. The van der Waals surface area contributed by atoms with Crippen LogP contribution in [0.25, 0.3) is 0 Å². The number of amides is 1. The van der Waals surface area contributed by atoms with Crippen molar-refractivity contribution >= 4 is 5.91 Å². The second kappa shape index (κ2) is 8.53. The molecule has 94 valence electrons. The van der Waals surface area contributed by atoms with Gasteiger partial charge in [-0.15, -0.1) is 0 Å². The molecular formula is C12H24N2O2. The number of carbonyl (C=O) groups is 1. The Bertz CT molecular complexity index is 193. The second-order valence-electron chi connectivity index (χ2n) is 4.25. The lowest BCUT2D eigenvalue weighted by Gasteiger charge is -2.05. The van der Waals surface area contributed by atoms with Crippen molar-refractivity contribution in [3.8, 4) is 0 Å². The molecule has 1 rings (SSSR count). The molecule has 0 saturated heterocycles. The van der Waals surface area contributed by atoms with Crippen LogP contribution < -0.4 is 10.6 Å². The molecule has 0 atom stereocenters. The maximum absolute atomic E-state index is 11.3. The van der Waals surface area contributed by atoms with Gasteiger partial charge in [0.25, 0.3) is 0 Å². The molecule has 2 N–H and O–H groups in total. The van der Waals surface area contributed by atoms with Gasteiger partial charge in [-0.2, -0.15) is 0 Å². The van der Waals surface area contributed by atoms with Crippen molar-refractivity contribution < 1.29 is 9.53 Å². The van der Waals surface area contributed by atoms with E-state index in [1.165, 1.54) is 12.8 Å². The minimum Gasteiger partial charge on any atom is -0.382 e. The molecule has 4 nitrogen and oxygen atoms in total. The third-order valence-corrected chi connectivity index (χ3v) is 2.55. The maximum atomic E-state index is 11.3. The third kappa shape index (κ3) is 7.65. The lowest BCUT2D eigenvalue weighted by atomic mass is 10.3. The van der Waals surface area contributed by atoms with Gasteiger partial charge in [0, 0.05) is 25.7 Å². The van der Waals surface area contributed by atoms with Gasteiger partial charge in [-0.3, -0.25) is 4.79 Å². The Hall–Kier alpha value is -0.610. The molecule has 0 aromatic heterocycles. The fourth-order valence-electron chi connectivity index (χ4n) is 1.47. The summed E-state index contributed by atoms with van der Waals surface area (Å²) in [5, 5.41) is 6.29. The largest absolute Gasteiger partial charge is 0.382 e. The van der Waals surface area contributed by atoms with E-state index in [9.17, 15) is 4.79 Å². The first-order valence-corrected chi connectivity index (χ1v) is 6.40. The summed E-state index contributed by atoms with van der Waals surface area (Å²) in [6.45, 7) is 5.52. The maximum Gasteiger partial charge on any atom is 0.220 e.